The van der Waals surface area contributed by atoms with E-state index in [9.17, 15) is 4.79 Å². The molecule has 122 valence electrons. The molecule has 4 rings (SSSR count). The first kappa shape index (κ1) is 14.8. The first-order valence-electron chi connectivity index (χ1n) is 8.30. The van der Waals surface area contributed by atoms with Gasteiger partial charge in [0.05, 0.1) is 5.92 Å². The fraction of sp³-hybridized carbons (Fsp3) is 0.529. The molecule has 1 N–H and O–H groups in total. The van der Waals surface area contributed by atoms with E-state index in [-0.39, 0.29) is 11.8 Å². The molecule has 0 radical (unpaired) electrons. The van der Waals surface area contributed by atoms with Crippen LogP contribution in [-0.4, -0.2) is 30.0 Å². The standard InChI is InChI=1S/C17H20ClN3O2/c18-12-6-7-15-14(9-12)20-17(23-15)21-8-2-3-11(10-21)16(22)19-13-4-1-5-13/h6-7,9,11,13H,1-5,8,10H2,(H,19,22). The number of piperidine rings is 1. The molecule has 1 unspecified atom stereocenters. The Kier molecular flexibility index (Phi) is 3.89. The Morgan fingerprint density at radius 3 is 2.96 bits per heavy atom. The molecular weight excluding hydrogens is 314 g/mol. The molecule has 23 heavy (non-hydrogen) atoms. The normalized spacial score (nSPS) is 22.1. The summed E-state index contributed by atoms with van der Waals surface area (Å²) in [5.41, 5.74) is 1.49. The molecule has 1 saturated carbocycles. The molecular formula is C17H20ClN3O2. The van der Waals surface area contributed by atoms with E-state index in [1.165, 1.54) is 6.42 Å². The third-order valence-electron chi connectivity index (χ3n) is 4.85. The van der Waals surface area contributed by atoms with Crippen molar-refractivity contribution in [3.8, 4) is 0 Å². The van der Waals surface area contributed by atoms with E-state index in [0.717, 1.165) is 43.3 Å². The zero-order valence-electron chi connectivity index (χ0n) is 12.9. The van der Waals surface area contributed by atoms with Gasteiger partial charge in [0.1, 0.15) is 5.52 Å². The van der Waals surface area contributed by atoms with Gasteiger partial charge in [0.15, 0.2) is 5.58 Å². The van der Waals surface area contributed by atoms with Gasteiger partial charge in [0.25, 0.3) is 6.01 Å². The zero-order valence-corrected chi connectivity index (χ0v) is 13.7. The van der Waals surface area contributed by atoms with E-state index in [4.69, 9.17) is 16.0 Å². The fourth-order valence-corrected chi connectivity index (χ4v) is 3.43. The van der Waals surface area contributed by atoms with Crippen LogP contribution in [0.2, 0.25) is 5.02 Å². The lowest BCUT2D eigenvalue weighted by Gasteiger charge is -2.33. The second kappa shape index (κ2) is 6.04. The predicted molar refractivity (Wildman–Crippen MR) is 89.7 cm³/mol. The van der Waals surface area contributed by atoms with E-state index in [1.807, 2.05) is 6.07 Å². The van der Waals surface area contributed by atoms with Gasteiger partial charge >= 0.3 is 0 Å². The van der Waals surface area contributed by atoms with Crippen LogP contribution < -0.4 is 10.2 Å². The molecule has 2 aliphatic rings. The van der Waals surface area contributed by atoms with Gasteiger partial charge in [-0.15, -0.1) is 0 Å². The highest BCUT2D eigenvalue weighted by molar-refractivity contribution is 6.31. The quantitative estimate of drug-likeness (QED) is 0.935. The predicted octanol–water partition coefficient (Wildman–Crippen LogP) is 3.37. The Morgan fingerprint density at radius 1 is 1.30 bits per heavy atom. The number of anilines is 1. The average Bonchev–Trinajstić information content (AvgIpc) is 2.94. The second-order valence-electron chi connectivity index (χ2n) is 6.53. The maximum absolute atomic E-state index is 12.4. The summed E-state index contributed by atoms with van der Waals surface area (Å²) < 4.78 is 5.83. The van der Waals surface area contributed by atoms with Gasteiger partial charge in [-0.05, 0) is 50.3 Å². The summed E-state index contributed by atoms with van der Waals surface area (Å²) >= 11 is 6.00. The van der Waals surface area contributed by atoms with Crippen molar-refractivity contribution in [2.24, 2.45) is 5.92 Å². The van der Waals surface area contributed by atoms with Gasteiger partial charge < -0.3 is 14.6 Å². The van der Waals surface area contributed by atoms with Crippen molar-refractivity contribution in [1.82, 2.24) is 10.3 Å². The monoisotopic (exact) mass is 333 g/mol. The topological polar surface area (TPSA) is 58.4 Å². The van der Waals surface area contributed by atoms with E-state index in [2.05, 4.69) is 15.2 Å². The highest BCUT2D eigenvalue weighted by atomic mass is 35.5. The lowest BCUT2D eigenvalue weighted by Crippen LogP contribution is -2.47. The number of hydrogen-bond acceptors (Lipinski definition) is 4. The van der Waals surface area contributed by atoms with Crippen molar-refractivity contribution in [1.29, 1.82) is 0 Å². The summed E-state index contributed by atoms with van der Waals surface area (Å²) in [4.78, 5) is 19.0. The number of halogens is 1. The van der Waals surface area contributed by atoms with Crippen LogP contribution in [0.25, 0.3) is 11.1 Å². The van der Waals surface area contributed by atoms with E-state index in [1.54, 1.807) is 12.1 Å². The SMILES string of the molecule is O=C(NC1CCC1)C1CCCN(c2nc3cc(Cl)ccc3o2)C1. The van der Waals surface area contributed by atoms with Crippen LogP contribution in [0.4, 0.5) is 6.01 Å². The third-order valence-corrected chi connectivity index (χ3v) is 5.09. The Hall–Kier alpha value is -1.75. The molecule has 2 fully saturated rings. The molecule has 1 aliphatic heterocycles. The van der Waals surface area contributed by atoms with Crippen LogP contribution in [0.5, 0.6) is 0 Å². The first-order chi connectivity index (χ1) is 11.2. The number of rotatable bonds is 3. The number of nitrogens with one attached hydrogen (secondary N) is 1. The molecule has 1 saturated heterocycles. The number of benzene rings is 1. The summed E-state index contributed by atoms with van der Waals surface area (Å²) in [6.07, 6.45) is 5.37. The highest BCUT2D eigenvalue weighted by Crippen LogP contribution is 2.28. The van der Waals surface area contributed by atoms with E-state index in [0.29, 0.717) is 23.6 Å². The Labute approximate surface area is 140 Å². The van der Waals surface area contributed by atoms with Gasteiger partial charge in [-0.25, -0.2) is 0 Å². The minimum Gasteiger partial charge on any atom is -0.423 e. The Bertz CT molecular complexity index is 726. The van der Waals surface area contributed by atoms with Crippen molar-refractivity contribution in [2.75, 3.05) is 18.0 Å². The van der Waals surface area contributed by atoms with Crippen LogP contribution in [0.3, 0.4) is 0 Å². The number of amides is 1. The van der Waals surface area contributed by atoms with Crippen LogP contribution in [0, 0.1) is 5.92 Å². The molecule has 1 aromatic heterocycles. The van der Waals surface area contributed by atoms with Gasteiger partial charge in [0, 0.05) is 24.2 Å². The fourth-order valence-electron chi connectivity index (χ4n) is 3.26. The van der Waals surface area contributed by atoms with Gasteiger partial charge in [-0.2, -0.15) is 4.98 Å². The first-order valence-corrected chi connectivity index (χ1v) is 8.68. The number of nitrogens with zero attached hydrogens (tertiary/aromatic N) is 2. The highest BCUT2D eigenvalue weighted by Gasteiger charge is 2.30. The van der Waals surface area contributed by atoms with Crippen molar-refractivity contribution >= 4 is 34.6 Å². The molecule has 5 nitrogen and oxygen atoms in total. The smallest absolute Gasteiger partial charge is 0.298 e. The zero-order chi connectivity index (χ0) is 15.8. The van der Waals surface area contributed by atoms with E-state index < -0.39 is 0 Å². The molecule has 1 aromatic carbocycles. The molecule has 6 heteroatoms. The average molecular weight is 334 g/mol. The van der Waals surface area contributed by atoms with Crippen LogP contribution in [0.1, 0.15) is 32.1 Å². The number of carbonyl (C=O) groups excluding carboxylic acids is 1. The van der Waals surface area contributed by atoms with Crippen molar-refractivity contribution < 1.29 is 9.21 Å². The van der Waals surface area contributed by atoms with Crippen molar-refractivity contribution in [3.05, 3.63) is 23.2 Å². The van der Waals surface area contributed by atoms with Crippen LogP contribution in [0.15, 0.2) is 22.6 Å². The Morgan fingerprint density at radius 2 is 2.17 bits per heavy atom. The van der Waals surface area contributed by atoms with E-state index >= 15 is 0 Å². The van der Waals surface area contributed by atoms with Crippen molar-refractivity contribution in [3.63, 3.8) is 0 Å². The number of hydrogen-bond donors (Lipinski definition) is 1. The maximum atomic E-state index is 12.4. The minimum atomic E-state index is 0.0166. The number of oxazole rings is 1. The molecule has 1 atom stereocenters. The van der Waals surface area contributed by atoms with Gasteiger partial charge in [-0.1, -0.05) is 11.6 Å². The lowest BCUT2D eigenvalue weighted by molar-refractivity contribution is -0.126. The molecule has 1 aliphatic carbocycles. The third kappa shape index (κ3) is 3.02. The summed E-state index contributed by atoms with van der Waals surface area (Å²) in [7, 11) is 0. The molecule has 0 spiro atoms. The summed E-state index contributed by atoms with van der Waals surface area (Å²) in [5.74, 6) is 0.196. The van der Waals surface area contributed by atoms with Crippen LogP contribution >= 0.6 is 11.6 Å². The molecule has 2 aromatic rings. The second-order valence-corrected chi connectivity index (χ2v) is 6.97. The molecule has 1 amide bonds. The minimum absolute atomic E-state index is 0.0166. The lowest BCUT2D eigenvalue weighted by atomic mass is 9.91. The Balaban J connectivity index is 1.48. The molecule has 0 bridgehead atoms. The summed E-state index contributed by atoms with van der Waals surface area (Å²) in [6.45, 7) is 1.53. The maximum Gasteiger partial charge on any atom is 0.298 e. The van der Waals surface area contributed by atoms with Gasteiger partial charge in [0.2, 0.25) is 5.91 Å². The largest absolute Gasteiger partial charge is 0.423 e. The summed E-state index contributed by atoms with van der Waals surface area (Å²) in [5, 5.41) is 3.81. The van der Waals surface area contributed by atoms with Crippen molar-refractivity contribution in [2.45, 2.75) is 38.1 Å². The summed E-state index contributed by atoms with van der Waals surface area (Å²) in [6, 6.07) is 6.41. The number of fused-ring (bicyclic) bond motifs is 1. The number of carbonyl (C=O) groups is 1. The number of aromatic nitrogens is 1. The van der Waals surface area contributed by atoms with Gasteiger partial charge in [-0.3, -0.25) is 4.79 Å². The molecule has 2 heterocycles. The van der Waals surface area contributed by atoms with Crippen LogP contribution in [-0.2, 0) is 4.79 Å².